The molecule has 172 valence electrons. The van der Waals surface area contributed by atoms with Crippen LogP contribution in [0.15, 0.2) is 59.6 Å². The van der Waals surface area contributed by atoms with Crippen LogP contribution in [0.4, 0.5) is 29.3 Å². The number of sulfone groups is 1. The topological polar surface area (TPSA) is 122 Å². The molecule has 3 N–H and O–H groups in total. The Labute approximate surface area is 186 Å². The standard InChI is InChI=1S/C21H17F3N4O4S/c1-20(10-15-14-4-2-3-5-17(14)26-11-16(15)25)18(29)28(19(30)27-20)12-6-8-13(9-7-12)33(31,32)21(22,23)24/h2-9,11H,10,25H2,1H3,(H,27,30). The highest BCUT2D eigenvalue weighted by Gasteiger charge is 2.50. The fourth-order valence-corrected chi connectivity index (χ4v) is 4.47. The van der Waals surface area contributed by atoms with E-state index in [9.17, 15) is 31.2 Å². The summed E-state index contributed by atoms with van der Waals surface area (Å²) in [6.07, 6.45) is 1.49. The molecule has 2 aromatic carbocycles. The maximum atomic E-state index is 13.2. The van der Waals surface area contributed by atoms with Gasteiger partial charge in [0.1, 0.15) is 5.54 Å². The zero-order valence-corrected chi connectivity index (χ0v) is 17.9. The number of aromatic nitrogens is 1. The average molecular weight is 478 g/mol. The van der Waals surface area contributed by atoms with Crippen LogP contribution < -0.4 is 16.0 Å². The van der Waals surface area contributed by atoms with Gasteiger partial charge >= 0.3 is 11.5 Å². The first-order valence-corrected chi connectivity index (χ1v) is 11.0. The number of nitrogens with one attached hydrogen (secondary N) is 1. The van der Waals surface area contributed by atoms with Gasteiger partial charge in [-0.25, -0.2) is 18.1 Å². The van der Waals surface area contributed by atoms with Crippen LogP contribution in [0, 0.1) is 0 Å². The summed E-state index contributed by atoms with van der Waals surface area (Å²) in [4.78, 5) is 29.9. The van der Waals surface area contributed by atoms with Crippen molar-refractivity contribution in [1.82, 2.24) is 10.3 Å². The first kappa shape index (κ1) is 22.5. The summed E-state index contributed by atoms with van der Waals surface area (Å²) in [6, 6.07) is 9.68. The molecule has 33 heavy (non-hydrogen) atoms. The van der Waals surface area contributed by atoms with E-state index in [-0.39, 0.29) is 12.1 Å². The summed E-state index contributed by atoms with van der Waals surface area (Å²) in [5, 5.41) is 3.31. The van der Waals surface area contributed by atoms with Crippen LogP contribution in [0.2, 0.25) is 0 Å². The van der Waals surface area contributed by atoms with Crippen LogP contribution in [0.1, 0.15) is 12.5 Å². The third-order valence-electron chi connectivity index (χ3n) is 5.42. The number of fused-ring (bicyclic) bond motifs is 1. The van der Waals surface area contributed by atoms with Crippen LogP contribution in [-0.4, -0.2) is 36.4 Å². The highest BCUT2D eigenvalue weighted by Crippen LogP contribution is 2.34. The van der Waals surface area contributed by atoms with Gasteiger partial charge in [-0.05, 0) is 42.8 Å². The van der Waals surface area contributed by atoms with E-state index in [1.165, 1.54) is 13.1 Å². The minimum atomic E-state index is -5.56. The number of nitrogen functional groups attached to an aromatic ring is 1. The number of nitrogens with zero attached hydrogens (tertiary/aromatic N) is 2. The van der Waals surface area contributed by atoms with Crippen molar-refractivity contribution in [2.75, 3.05) is 10.6 Å². The van der Waals surface area contributed by atoms with Crippen molar-refractivity contribution in [1.29, 1.82) is 0 Å². The Bertz CT molecular complexity index is 1390. The molecular formula is C21H17F3N4O4S. The number of carbonyl (C=O) groups excluding carboxylic acids is 2. The molecule has 0 radical (unpaired) electrons. The number of benzene rings is 2. The minimum absolute atomic E-state index is 0.0312. The van der Waals surface area contributed by atoms with Crippen molar-refractivity contribution in [3.05, 3.63) is 60.3 Å². The largest absolute Gasteiger partial charge is 0.501 e. The SMILES string of the molecule is CC1(Cc2c(N)cnc3ccccc23)NC(=O)N(c2ccc(S(=O)(=O)C(F)(F)F)cc2)C1=O. The van der Waals surface area contributed by atoms with Crippen molar-refractivity contribution in [2.24, 2.45) is 0 Å². The predicted molar refractivity (Wildman–Crippen MR) is 114 cm³/mol. The first-order valence-electron chi connectivity index (χ1n) is 9.55. The third-order valence-corrected chi connectivity index (χ3v) is 6.92. The normalized spacial score (nSPS) is 19.2. The number of para-hydroxylation sites is 1. The Kier molecular flexibility index (Phi) is 5.08. The number of urea groups is 1. The molecule has 1 aliphatic heterocycles. The number of hydrogen-bond donors (Lipinski definition) is 2. The molecule has 1 saturated heterocycles. The lowest BCUT2D eigenvalue weighted by atomic mass is 9.90. The minimum Gasteiger partial charge on any atom is -0.397 e. The number of halogens is 3. The number of rotatable bonds is 4. The molecule has 3 aromatic rings. The highest BCUT2D eigenvalue weighted by atomic mass is 32.2. The second kappa shape index (κ2) is 7.44. The van der Waals surface area contributed by atoms with Gasteiger partial charge in [0, 0.05) is 11.8 Å². The highest BCUT2D eigenvalue weighted by molar-refractivity contribution is 7.92. The molecule has 1 fully saturated rings. The zero-order chi connectivity index (χ0) is 24.2. The summed E-state index contributed by atoms with van der Waals surface area (Å²) in [5.41, 5.74) is 0.723. The molecule has 1 aromatic heterocycles. The number of anilines is 2. The third kappa shape index (κ3) is 3.65. The Balaban J connectivity index is 1.67. The van der Waals surface area contributed by atoms with Crippen molar-refractivity contribution in [3.63, 3.8) is 0 Å². The van der Waals surface area contributed by atoms with Crippen LogP contribution in [-0.2, 0) is 21.1 Å². The Hall–Kier alpha value is -3.67. The molecule has 2 heterocycles. The van der Waals surface area contributed by atoms with Gasteiger partial charge in [-0.1, -0.05) is 18.2 Å². The Morgan fingerprint density at radius 2 is 1.73 bits per heavy atom. The molecule has 0 aliphatic carbocycles. The summed E-state index contributed by atoms with van der Waals surface area (Å²) >= 11 is 0. The second-order valence-electron chi connectivity index (χ2n) is 7.73. The molecule has 1 aliphatic rings. The van der Waals surface area contributed by atoms with Gasteiger partial charge in [-0.15, -0.1) is 0 Å². The summed E-state index contributed by atoms with van der Waals surface area (Å²) < 4.78 is 61.4. The quantitative estimate of drug-likeness (QED) is 0.556. The van der Waals surface area contributed by atoms with E-state index in [2.05, 4.69) is 10.3 Å². The van der Waals surface area contributed by atoms with Crippen LogP contribution >= 0.6 is 0 Å². The molecule has 0 spiro atoms. The van der Waals surface area contributed by atoms with E-state index in [0.717, 1.165) is 17.0 Å². The van der Waals surface area contributed by atoms with Gasteiger partial charge in [0.25, 0.3) is 15.7 Å². The van der Waals surface area contributed by atoms with E-state index < -0.39 is 37.7 Å². The van der Waals surface area contributed by atoms with Crippen LogP contribution in [0.25, 0.3) is 10.9 Å². The number of carbonyl (C=O) groups is 2. The maximum absolute atomic E-state index is 13.2. The maximum Gasteiger partial charge on any atom is 0.501 e. The van der Waals surface area contributed by atoms with Crippen LogP contribution in [0.5, 0.6) is 0 Å². The summed E-state index contributed by atoms with van der Waals surface area (Å²) in [6.45, 7) is 1.50. The molecule has 4 rings (SSSR count). The molecular weight excluding hydrogens is 461 g/mol. The van der Waals surface area contributed by atoms with Gasteiger partial charge in [0.2, 0.25) is 0 Å². The van der Waals surface area contributed by atoms with E-state index in [1.54, 1.807) is 24.3 Å². The monoisotopic (exact) mass is 478 g/mol. The van der Waals surface area contributed by atoms with Crippen molar-refractivity contribution in [3.8, 4) is 0 Å². The Morgan fingerprint density at radius 3 is 2.36 bits per heavy atom. The number of hydrogen-bond acceptors (Lipinski definition) is 6. The number of imide groups is 1. The fourth-order valence-electron chi connectivity index (χ4n) is 3.71. The molecule has 12 heteroatoms. The zero-order valence-electron chi connectivity index (χ0n) is 17.1. The van der Waals surface area contributed by atoms with Gasteiger partial charge in [-0.2, -0.15) is 13.2 Å². The number of alkyl halides is 3. The molecule has 0 bridgehead atoms. The van der Waals surface area contributed by atoms with E-state index in [0.29, 0.717) is 34.3 Å². The smallest absolute Gasteiger partial charge is 0.397 e. The number of pyridine rings is 1. The summed E-state index contributed by atoms with van der Waals surface area (Å²) in [7, 11) is -5.56. The lowest BCUT2D eigenvalue weighted by Gasteiger charge is -2.23. The van der Waals surface area contributed by atoms with E-state index in [1.807, 2.05) is 0 Å². The van der Waals surface area contributed by atoms with Crippen molar-refractivity contribution in [2.45, 2.75) is 29.3 Å². The lowest BCUT2D eigenvalue weighted by molar-refractivity contribution is -0.121. The lowest BCUT2D eigenvalue weighted by Crippen LogP contribution is -2.46. The molecule has 3 amide bonds. The summed E-state index contributed by atoms with van der Waals surface area (Å²) in [5.74, 6) is -0.667. The van der Waals surface area contributed by atoms with E-state index in [4.69, 9.17) is 5.73 Å². The van der Waals surface area contributed by atoms with Crippen molar-refractivity contribution >= 4 is 44.1 Å². The number of amides is 3. The van der Waals surface area contributed by atoms with Crippen LogP contribution in [0.3, 0.4) is 0 Å². The van der Waals surface area contributed by atoms with Crippen molar-refractivity contribution < 1.29 is 31.2 Å². The predicted octanol–water partition coefficient (Wildman–Crippen LogP) is 3.17. The van der Waals surface area contributed by atoms with Gasteiger partial charge in [0.05, 0.1) is 28.0 Å². The van der Waals surface area contributed by atoms with Gasteiger partial charge < -0.3 is 11.1 Å². The molecule has 8 nitrogen and oxygen atoms in total. The number of nitrogens with two attached hydrogens (primary N) is 1. The van der Waals surface area contributed by atoms with E-state index >= 15 is 0 Å². The first-order chi connectivity index (χ1) is 15.3. The Morgan fingerprint density at radius 1 is 1.09 bits per heavy atom. The average Bonchev–Trinajstić information content (AvgIpc) is 2.97. The van der Waals surface area contributed by atoms with Gasteiger partial charge in [0.15, 0.2) is 0 Å². The van der Waals surface area contributed by atoms with Gasteiger partial charge in [-0.3, -0.25) is 9.78 Å². The fraction of sp³-hybridized carbons (Fsp3) is 0.190. The molecule has 0 saturated carbocycles. The molecule has 1 atom stereocenters. The second-order valence-corrected chi connectivity index (χ2v) is 9.67. The molecule has 1 unspecified atom stereocenters.